The van der Waals surface area contributed by atoms with Crippen molar-refractivity contribution in [1.82, 2.24) is 4.68 Å². The maximum atomic E-state index is 12.5. The van der Waals surface area contributed by atoms with Crippen LogP contribution in [-0.4, -0.2) is 41.6 Å². The highest BCUT2D eigenvalue weighted by Gasteiger charge is 2.41. The van der Waals surface area contributed by atoms with Crippen molar-refractivity contribution in [3.05, 3.63) is 50.8 Å². The topological polar surface area (TPSA) is 81.0 Å². The van der Waals surface area contributed by atoms with Crippen molar-refractivity contribution in [2.24, 2.45) is 0 Å². The number of carbonyl (C=O) groups is 1. The van der Waals surface area contributed by atoms with E-state index < -0.39 is 11.4 Å². The molecule has 160 valence electrons. The smallest absolute Gasteiger partial charge is 0.341 e. The van der Waals surface area contributed by atoms with Crippen molar-refractivity contribution in [3.8, 4) is 17.0 Å². The van der Waals surface area contributed by atoms with E-state index in [1.807, 2.05) is 10.7 Å². The molecule has 4 rings (SSSR count). The van der Waals surface area contributed by atoms with Gasteiger partial charge >= 0.3 is 5.97 Å². The van der Waals surface area contributed by atoms with E-state index in [9.17, 15) is 14.7 Å². The van der Waals surface area contributed by atoms with Crippen LogP contribution in [0.25, 0.3) is 11.3 Å². The van der Waals surface area contributed by atoms with Crippen LogP contribution in [0.3, 0.4) is 0 Å². The van der Waals surface area contributed by atoms with Crippen LogP contribution < -0.4 is 15.2 Å². The van der Waals surface area contributed by atoms with E-state index in [-0.39, 0.29) is 11.1 Å². The quantitative estimate of drug-likeness (QED) is 0.672. The van der Waals surface area contributed by atoms with Crippen LogP contribution in [0.2, 0.25) is 5.02 Å². The molecule has 0 unspecified atom stereocenters. The van der Waals surface area contributed by atoms with E-state index in [4.69, 9.17) is 21.1 Å². The van der Waals surface area contributed by atoms with Gasteiger partial charge in [-0.25, -0.2) is 4.79 Å². The fourth-order valence-electron chi connectivity index (χ4n) is 4.18. The first-order valence-electron chi connectivity index (χ1n) is 10.1. The Kier molecular flexibility index (Phi) is 5.51. The number of aromatic nitrogens is 1. The number of hydrogen-bond acceptors (Lipinski definition) is 5. The number of hydrogen-bond donors (Lipinski definition) is 1. The highest BCUT2D eigenvalue weighted by Crippen LogP contribution is 2.43. The van der Waals surface area contributed by atoms with Gasteiger partial charge in [-0.15, -0.1) is 0 Å². The van der Waals surface area contributed by atoms with Gasteiger partial charge < -0.3 is 19.6 Å². The Morgan fingerprint density at radius 2 is 2.03 bits per heavy atom. The van der Waals surface area contributed by atoms with Crippen LogP contribution in [0.15, 0.2) is 29.2 Å². The van der Waals surface area contributed by atoms with Gasteiger partial charge in [0.1, 0.15) is 11.3 Å². The van der Waals surface area contributed by atoms with Gasteiger partial charge in [-0.3, -0.25) is 9.47 Å². The number of carboxylic acids is 1. The summed E-state index contributed by atoms with van der Waals surface area (Å²) in [4.78, 5) is 24.0. The minimum absolute atomic E-state index is 0.101. The number of nitrogens with zero attached hydrogens (tertiary/aromatic N) is 2. The lowest BCUT2D eigenvalue weighted by Gasteiger charge is -2.52. The molecule has 0 radical (unpaired) electrons. The van der Waals surface area contributed by atoms with Gasteiger partial charge in [0, 0.05) is 38.0 Å². The highest BCUT2D eigenvalue weighted by atomic mass is 35.5. The van der Waals surface area contributed by atoms with Crippen LogP contribution in [-0.2, 0) is 11.3 Å². The highest BCUT2D eigenvalue weighted by molar-refractivity contribution is 6.32. The Morgan fingerprint density at radius 3 is 2.67 bits per heavy atom. The summed E-state index contributed by atoms with van der Waals surface area (Å²) >= 11 is 6.48. The first-order chi connectivity index (χ1) is 14.3. The molecule has 7 nitrogen and oxygen atoms in total. The molecule has 1 aromatic heterocycles. The van der Waals surface area contributed by atoms with Crippen LogP contribution in [0.5, 0.6) is 5.75 Å². The number of fused-ring (bicyclic) bond motifs is 3. The zero-order valence-electron chi connectivity index (χ0n) is 17.1. The summed E-state index contributed by atoms with van der Waals surface area (Å²) in [6.45, 7) is 3.84. The molecular weight excluding hydrogens is 408 g/mol. The minimum Gasteiger partial charge on any atom is -0.492 e. The van der Waals surface area contributed by atoms with Gasteiger partial charge in [0.25, 0.3) is 0 Å². The van der Waals surface area contributed by atoms with E-state index in [0.717, 1.165) is 36.8 Å². The second kappa shape index (κ2) is 7.96. The van der Waals surface area contributed by atoms with Crippen molar-refractivity contribution >= 4 is 17.6 Å². The van der Waals surface area contributed by atoms with Crippen molar-refractivity contribution in [3.63, 3.8) is 0 Å². The lowest BCUT2D eigenvalue weighted by Crippen LogP contribution is -2.58. The van der Waals surface area contributed by atoms with Gasteiger partial charge in [-0.2, -0.15) is 0 Å². The molecule has 1 fully saturated rings. The zero-order valence-corrected chi connectivity index (χ0v) is 17.9. The molecule has 1 aromatic carbocycles. The maximum absolute atomic E-state index is 12.5. The Morgan fingerprint density at radius 1 is 1.27 bits per heavy atom. The fraction of sp³-hybridized carbons (Fsp3) is 0.455. The van der Waals surface area contributed by atoms with Crippen molar-refractivity contribution in [2.45, 2.75) is 44.7 Å². The van der Waals surface area contributed by atoms with Crippen molar-refractivity contribution in [1.29, 1.82) is 0 Å². The van der Waals surface area contributed by atoms with E-state index in [2.05, 4.69) is 11.9 Å². The third-order valence-electron chi connectivity index (χ3n) is 6.08. The second-order valence-corrected chi connectivity index (χ2v) is 8.54. The zero-order chi connectivity index (χ0) is 21.5. The number of ether oxygens (including phenoxy) is 2. The van der Waals surface area contributed by atoms with E-state index in [1.165, 1.54) is 12.3 Å². The van der Waals surface area contributed by atoms with E-state index in [1.54, 1.807) is 13.2 Å². The van der Waals surface area contributed by atoms with Crippen LogP contribution in [0, 0.1) is 0 Å². The average Bonchev–Trinajstić information content (AvgIpc) is 2.69. The molecule has 8 heteroatoms. The molecule has 1 saturated carbocycles. The summed E-state index contributed by atoms with van der Waals surface area (Å²) in [7, 11) is 1.65. The first-order valence-corrected chi connectivity index (χ1v) is 10.4. The molecule has 30 heavy (non-hydrogen) atoms. The molecule has 0 saturated heterocycles. The number of halogens is 1. The standard InChI is InChI=1S/C22H25ClN2O5/c1-22(5-3-6-22)25-12-14-9-20(30-8-4-7-29-2)17(23)10-15(14)18-11-19(26)16(21(27)28)13-24(18)25/h9-11,13H,3-8,12H2,1-2H3,(H,27,28). The summed E-state index contributed by atoms with van der Waals surface area (Å²) in [5.41, 5.74) is 1.60. The molecule has 2 heterocycles. The van der Waals surface area contributed by atoms with Crippen molar-refractivity contribution < 1.29 is 19.4 Å². The lowest BCUT2D eigenvalue weighted by molar-refractivity contribution is 0.0694. The van der Waals surface area contributed by atoms with Crippen LogP contribution in [0.4, 0.5) is 0 Å². The Hall–Kier alpha value is -2.51. The molecule has 0 bridgehead atoms. The minimum atomic E-state index is -1.22. The number of methoxy groups -OCH3 is 1. The molecule has 2 aliphatic rings. The van der Waals surface area contributed by atoms with Gasteiger partial charge in [-0.1, -0.05) is 11.6 Å². The molecule has 0 spiro atoms. The number of aromatic carboxylic acids is 1. The normalized spacial score (nSPS) is 16.4. The third kappa shape index (κ3) is 3.56. The number of carboxylic acid groups (broad SMARTS) is 1. The largest absolute Gasteiger partial charge is 0.492 e. The SMILES string of the molecule is COCCCOc1cc2c(cc1Cl)-c1cc(=O)c(C(=O)O)cn1N(C1(C)CCC1)C2. The van der Waals surface area contributed by atoms with Crippen LogP contribution in [0.1, 0.15) is 48.5 Å². The maximum Gasteiger partial charge on any atom is 0.341 e. The number of benzene rings is 1. The molecular formula is C22H25ClN2O5. The summed E-state index contributed by atoms with van der Waals surface area (Å²) in [5.74, 6) is -0.624. The average molecular weight is 433 g/mol. The predicted octanol–water partition coefficient (Wildman–Crippen LogP) is 3.68. The van der Waals surface area contributed by atoms with Gasteiger partial charge in [0.05, 0.1) is 29.4 Å². The molecule has 0 amide bonds. The lowest BCUT2D eigenvalue weighted by atomic mass is 9.77. The first kappa shape index (κ1) is 20.8. The van der Waals surface area contributed by atoms with E-state index in [0.29, 0.717) is 36.2 Å². The molecule has 1 N–H and O–H groups in total. The Labute approximate surface area is 179 Å². The molecule has 2 aromatic rings. The fourth-order valence-corrected chi connectivity index (χ4v) is 4.40. The number of rotatable bonds is 7. The summed E-state index contributed by atoms with van der Waals surface area (Å²) in [5, 5.41) is 12.1. The molecule has 1 aliphatic carbocycles. The Balaban J connectivity index is 1.79. The molecule has 1 aliphatic heterocycles. The van der Waals surface area contributed by atoms with Gasteiger partial charge in [0.2, 0.25) is 0 Å². The monoisotopic (exact) mass is 432 g/mol. The van der Waals surface area contributed by atoms with Crippen molar-refractivity contribution in [2.75, 3.05) is 25.3 Å². The van der Waals surface area contributed by atoms with Crippen LogP contribution >= 0.6 is 11.6 Å². The summed E-state index contributed by atoms with van der Waals surface area (Å²) in [6, 6.07) is 5.12. The van der Waals surface area contributed by atoms with E-state index >= 15 is 0 Å². The predicted molar refractivity (Wildman–Crippen MR) is 114 cm³/mol. The molecule has 0 atom stereocenters. The summed E-state index contributed by atoms with van der Waals surface area (Å²) < 4.78 is 12.7. The summed E-state index contributed by atoms with van der Waals surface area (Å²) in [6.07, 6.45) is 5.32. The Bertz CT molecular complexity index is 1040. The van der Waals surface area contributed by atoms with Gasteiger partial charge in [-0.05, 0) is 43.9 Å². The number of pyridine rings is 1. The van der Waals surface area contributed by atoms with Gasteiger partial charge in [0.15, 0.2) is 5.43 Å². The third-order valence-corrected chi connectivity index (χ3v) is 6.38. The second-order valence-electron chi connectivity index (χ2n) is 8.13.